The molecule has 96 valence electrons. The van der Waals surface area contributed by atoms with Crippen molar-refractivity contribution < 1.29 is 4.39 Å². The Morgan fingerprint density at radius 2 is 1.82 bits per heavy atom. The van der Waals surface area contributed by atoms with E-state index in [-0.39, 0.29) is 5.82 Å². The molecule has 0 saturated heterocycles. The Morgan fingerprint density at radius 1 is 1.12 bits per heavy atom. The zero-order valence-corrected chi connectivity index (χ0v) is 12.0. The number of anilines is 1. The highest BCUT2D eigenvalue weighted by molar-refractivity contribution is 9.10. The molecule has 0 heterocycles. The Morgan fingerprint density at radius 3 is 2.59 bits per heavy atom. The number of nitrogens with one attached hydrogen (secondary N) is 1. The van der Waals surface area contributed by atoms with Crippen molar-refractivity contribution in [3.8, 4) is 0 Å². The van der Waals surface area contributed by atoms with Crippen LogP contribution < -0.4 is 5.32 Å². The fourth-order valence-corrected chi connectivity index (χ4v) is 2.15. The molecule has 0 spiro atoms. The molecule has 17 heavy (non-hydrogen) atoms. The van der Waals surface area contributed by atoms with Gasteiger partial charge in [0.25, 0.3) is 0 Å². The molecule has 0 atom stereocenters. The Kier molecular flexibility index (Phi) is 7.25. The van der Waals surface area contributed by atoms with Crippen LogP contribution in [0.15, 0.2) is 22.7 Å². The second kappa shape index (κ2) is 8.51. The maximum Gasteiger partial charge on any atom is 0.125 e. The van der Waals surface area contributed by atoms with E-state index >= 15 is 0 Å². The van der Waals surface area contributed by atoms with E-state index in [0.29, 0.717) is 0 Å². The number of halogens is 2. The van der Waals surface area contributed by atoms with E-state index in [2.05, 4.69) is 28.2 Å². The Hall–Kier alpha value is -0.570. The molecule has 0 fully saturated rings. The summed E-state index contributed by atoms with van der Waals surface area (Å²) in [6.07, 6.45) is 7.66. The van der Waals surface area contributed by atoms with Crippen molar-refractivity contribution >= 4 is 21.6 Å². The highest BCUT2D eigenvalue weighted by atomic mass is 79.9. The van der Waals surface area contributed by atoms with Gasteiger partial charge >= 0.3 is 0 Å². The van der Waals surface area contributed by atoms with Gasteiger partial charge in [-0.05, 0) is 40.5 Å². The molecular formula is C14H21BrFN. The van der Waals surface area contributed by atoms with Crippen LogP contribution in [0, 0.1) is 5.82 Å². The van der Waals surface area contributed by atoms with Crippen LogP contribution in [0.4, 0.5) is 10.1 Å². The number of unbranched alkanes of at least 4 members (excludes halogenated alkanes) is 5. The van der Waals surface area contributed by atoms with Gasteiger partial charge in [-0.3, -0.25) is 0 Å². The predicted octanol–water partition coefficient (Wildman–Crippen LogP) is 5.36. The van der Waals surface area contributed by atoms with Gasteiger partial charge in [0.2, 0.25) is 0 Å². The third-order valence-corrected chi connectivity index (χ3v) is 3.47. The summed E-state index contributed by atoms with van der Waals surface area (Å²) in [5.74, 6) is -0.196. The van der Waals surface area contributed by atoms with Crippen LogP contribution in [0.2, 0.25) is 0 Å². The number of hydrogen-bond acceptors (Lipinski definition) is 1. The first kappa shape index (κ1) is 14.5. The predicted molar refractivity (Wildman–Crippen MR) is 76.0 cm³/mol. The number of hydrogen-bond donors (Lipinski definition) is 1. The van der Waals surface area contributed by atoms with Gasteiger partial charge in [-0.25, -0.2) is 4.39 Å². The quantitative estimate of drug-likeness (QED) is 0.637. The van der Waals surface area contributed by atoms with E-state index in [1.807, 2.05) is 0 Å². The van der Waals surface area contributed by atoms with Crippen LogP contribution in [-0.4, -0.2) is 6.54 Å². The molecule has 0 aliphatic carbocycles. The molecule has 0 amide bonds. The van der Waals surface area contributed by atoms with Gasteiger partial charge in [0.1, 0.15) is 5.82 Å². The fraction of sp³-hybridized carbons (Fsp3) is 0.571. The molecule has 0 saturated carbocycles. The zero-order chi connectivity index (χ0) is 12.5. The van der Waals surface area contributed by atoms with Crippen LogP contribution >= 0.6 is 15.9 Å². The zero-order valence-electron chi connectivity index (χ0n) is 10.4. The molecule has 0 unspecified atom stereocenters. The molecule has 1 nitrogen and oxygen atoms in total. The number of rotatable bonds is 8. The molecular weight excluding hydrogens is 281 g/mol. The summed E-state index contributed by atoms with van der Waals surface area (Å²) in [5.41, 5.74) is 0.846. The largest absolute Gasteiger partial charge is 0.384 e. The first-order chi connectivity index (χ1) is 8.24. The highest BCUT2D eigenvalue weighted by Gasteiger charge is 2.00. The average Bonchev–Trinajstić information content (AvgIpc) is 2.32. The lowest BCUT2D eigenvalue weighted by Gasteiger charge is -2.08. The van der Waals surface area contributed by atoms with E-state index < -0.39 is 0 Å². The van der Waals surface area contributed by atoms with E-state index in [1.165, 1.54) is 44.2 Å². The third-order valence-electron chi connectivity index (χ3n) is 2.77. The fourth-order valence-electron chi connectivity index (χ4n) is 1.76. The van der Waals surface area contributed by atoms with E-state index in [9.17, 15) is 4.39 Å². The second-order valence-electron chi connectivity index (χ2n) is 4.32. The van der Waals surface area contributed by atoms with Gasteiger partial charge in [0.15, 0.2) is 0 Å². The number of benzene rings is 1. The SMILES string of the molecule is CCCCCCCCNc1cc(F)ccc1Br. The van der Waals surface area contributed by atoms with Crippen molar-refractivity contribution in [1.29, 1.82) is 0 Å². The van der Waals surface area contributed by atoms with Crippen LogP contribution in [-0.2, 0) is 0 Å². The van der Waals surface area contributed by atoms with Crippen LogP contribution in [0.1, 0.15) is 45.4 Å². The molecule has 0 radical (unpaired) electrons. The van der Waals surface area contributed by atoms with Crippen LogP contribution in [0.3, 0.4) is 0 Å². The maximum absolute atomic E-state index is 13.0. The molecule has 1 rings (SSSR count). The maximum atomic E-state index is 13.0. The lowest BCUT2D eigenvalue weighted by molar-refractivity contribution is 0.616. The molecule has 1 aromatic carbocycles. The monoisotopic (exact) mass is 301 g/mol. The van der Waals surface area contributed by atoms with Crippen molar-refractivity contribution in [3.63, 3.8) is 0 Å². The average molecular weight is 302 g/mol. The van der Waals surface area contributed by atoms with Gasteiger partial charge in [-0.1, -0.05) is 39.0 Å². The summed E-state index contributed by atoms with van der Waals surface area (Å²) in [6.45, 7) is 3.14. The van der Waals surface area contributed by atoms with Crippen molar-refractivity contribution in [2.75, 3.05) is 11.9 Å². The van der Waals surface area contributed by atoms with E-state index in [4.69, 9.17) is 0 Å². The van der Waals surface area contributed by atoms with Crippen LogP contribution in [0.25, 0.3) is 0 Å². The molecule has 3 heteroatoms. The molecule has 0 bridgehead atoms. The molecule has 0 aliphatic rings. The Balaban J connectivity index is 2.15. The summed E-state index contributed by atoms with van der Waals surface area (Å²) in [6, 6.07) is 4.72. The van der Waals surface area contributed by atoms with Crippen molar-refractivity contribution in [3.05, 3.63) is 28.5 Å². The Bertz CT molecular complexity index is 328. The summed E-state index contributed by atoms with van der Waals surface area (Å²) in [7, 11) is 0. The minimum atomic E-state index is -0.196. The minimum Gasteiger partial charge on any atom is -0.384 e. The first-order valence-corrected chi connectivity index (χ1v) is 7.22. The molecule has 1 aromatic rings. The summed E-state index contributed by atoms with van der Waals surface area (Å²) < 4.78 is 13.9. The lowest BCUT2D eigenvalue weighted by Crippen LogP contribution is -2.02. The Labute approximate surface area is 112 Å². The molecule has 0 aromatic heterocycles. The van der Waals surface area contributed by atoms with Crippen molar-refractivity contribution in [2.45, 2.75) is 45.4 Å². The third kappa shape index (κ3) is 6.06. The topological polar surface area (TPSA) is 12.0 Å². The lowest BCUT2D eigenvalue weighted by atomic mass is 10.1. The molecule has 0 aliphatic heterocycles. The van der Waals surface area contributed by atoms with Gasteiger partial charge in [-0.2, -0.15) is 0 Å². The van der Waals surface area contributed by atoms with E-state index in [1.54, 1.807) is 6.07 Å². The first-order valence-electron chi connectivity index (χ1n) is 6.43. The second-order valence-corrected chi connectivity index (χ2v) is 5.17. The molecule has 1 N–H and O–H groups in total. The standard InChI is InChI=1S/C14H21BrFN/c1-2-3-4-5-6-7-10-17-14-11-12(16)8-9-13(14)15/h8-9,11,17H,2-7,10H2,1H3. The van der Waals surface area contributed by atoms with E-state index in [0.717, 1.165) is 23.1 Å². The summed E-state index contributed by atoms with van der Waals surface area (Å²) >= 11 is 3.40. The summed E-state index contributed by atoms with van der Waals surface area (Å²) in [4.78, 5) is 0. The van der Waals surface area contributed by atoms with Crippen LogP contribution in [0.5, 0.6) is 0 Å². The van der Waals surface area contributed by atoms with Gasteiger partial charge in [0, 0.05) is 11.0 Å². The van der Waals surface area contributed by atoms with Gasteiger partial charge in [0.05, 0.1) is 5.69 Å². The van der Waals surface area contributed by atoms with Gasteiger partial charge < -0.3 is 5.32 Å². The summed E-state index contributed by atoms with van der Waals surface area (Å²) in [5, 5.41) is 3.26. The highest BCUT2D eigenvalue weighted by Crippen LogP contribution is 2.23. The smallest absolute Gasteiger partial charge is 0.125 e. The van der Waals surface area contributed by atoms with Crippen molar-refractivity contribution in [2.24, 2.45) is 0 Å². The normalized spacial score (nSPS) is 10.5. The minimum absolute atomic E-state index is 0.196. The van der Waals surface area contributed by atoms with Gasteiger partial charge in [-0.15, -0.1) is 0 Å². The van der Waals surface area contributed by atoms with Crippen molar-refractivity contribution in [1.82, 2.24) is 0 Å².